The second kappa shape index (κ2) is 8.12. The van der Waals surface area contributed by atoms with Crippen molar-refractivity contribution in [1.29, 1.82) is 0 Å². The number of thiazole rings is 1. The molecule has 0 bridgehead atoms. The van der Waals surface area contributed by atoms with Gasteiger partial charge in [-0.2, -0.15) is 0 Å². The molecule has 0 aliphatic rings. The third-order valence-corrected chi connectivity index (χ3v) is 4.05. The normalized spacial score (nSPS) is 10.9. The van der Waals surface area contributed by atoms with Crippen molar-refractivity contribution in [3.63, 3.8) is 0 Å². The van der Waals surface area contributed by atoms with E-state index in [1.54, 1.807) is 30.5 Å². The van der Waals surface area contributed by atoms with Gasteiger partial charge in [-0.25, -0.2) is 4.98 Å². The van der Waals surface area contributed by atoms with E-state index in [1.807, 2.05) is 0 Å². The van der Waals surface area contributed by atoms with Gasteiger partial charge in [0.05, 0.1) is 6.54 Å². The average molecular weight is 339 g/mol. The summed E-state index contributed by atoms with van der Waals surface area (Å²) in [5, 5.41) is 4.07. The fourth-order valence-electron chi connectivity index (χ4n) is 2.08. The number of rotatable bonds is 7. The van der Waals surface area contributed by atoms with Crippen LogP contribution in [0, 0.1) is 0 Å². The number of nitrogen functional groups attached to an aromatic ring is 1. The number of benzene rings is 1. The number of amides is 1. The number of carbonyl (C=O) groups is 1. The standard InChI is InChI=1S/C15H19ClN4OS/c1-2-7-20(9-13-8-18-15(17)22-13)10-14(21)19-12-5-3-11(16)4-6-12/h3-6,8H,2,7,9-10H2,1H3,(H2,17,18)(H,19,21). The Morgan fingerprint density at radius 3 is 2.73 bits per heavy atom. The van der Waals surface area contributed by atoms with Crippen LogP contribution in [0.3, 0.4) is 0 Å². The minimum atomic E-state index is -0.0479. The van der Waals surface area contributed by atoms with E-state index in [-0.39, 0.29) is 5.91 Å². The summed E-state index contributed by atoms with van der Waals surface area (Å²) in [4.78, 5) is 19.3. The van der Waals surface area contributed by atoms with Crippen molar-refractivity contribution < 1.29 is 4.79 Å². The van der Waals surface area contributed by atoms with Gasteiger partial charge >= 0.3 is 0 Å². The Labute approximate surface area is 139 Å². The van der Waals surface area contributed by atoms with Crippen LogP contribution in [0.1, 0.15) is 18.2 Å². The van der Waals surface area contributed by atoms with E-state index in [1.165, 1.54) is 11.3 Å². The number of nitrogens with two attached hydrogens (primary N) is 1. The Morgan fingerprint density at radius 1 is 1.41 bits per heavy atom. The lowest BCUT2D eigenvalue weighted by molar-refractivity contribution is -0.117. The summed E-state index contributed by atoms with van der Waals surface area (Å²) >= 11 is 7.28. The van der Waals surface area contributed by atoms with Crippen LogP contribution in [-0.4, -0.2) is 28.9 Å². The van der Waals surface area contributed by atoms with Crippen LogP contribution in [0.25, 0.3) is 0 Å². The zero-order valence-corrected chi connectivity index (χ0v) is 14.0. The molecular formula is C15H19ClN4OS. The first kappa shape index (κ1) is 16.7. The molecule has 1 heterocycles. The third-order valence-electron chi connectivity index (χ3n) is 2.99. The second-order valence-electron chi connectivity index (χ2n) is 4.93. The number of nitrogens with one attached hydrogen (secondary N) is 1. The highest BCUT2D eigenvalue weighted by Crippen LogP contribution is 2.17. The van der Waals surface area contributed by atoms with Gasteiger partial charge in [0, 0.05) is 28.3 Å². The van der Waals surface area contributed by atoms with Crippen molar-refractivity contribution in [2.24, 2.45) is 0 Å². The Balaban J connectivity index is 1.91. The maximum Gasteiger partial charge on any atom is 0.238 e. The third kappa shape index (κ3) is 5.29. The van der Waals surface area contributed by atoms with Crippen molar-refractivity contribution >= 4 is 39.7 Å². The molecule has 3 N–H and O–H groups in total. The minimum Gasteiger partial charge on any atom is -0.375 e. The number of hydrogen-bond donors (Lipinski definition) is 2. The molecule has 0 radical (unpaired) electrons. The van der Waals surface area contributed by atoms with Crippen LogP contribution in [0.15, 0.2) is 30.5 Å². The maximum absolute atomic E-state index is 12.2. The molecule has 118 valence electrons. The predicted molar refractivity (Wildman–Crippen MR) is 92.2 cm³/mol. The molecule has 0 saturated heterocycles. The van der Waals surface area contributed by atoms with Crippen molar-refractivity contribution in [3.05, 3.63) is 40.4 Å². The molecule has 0 fully saturated rings. The molecule has 0 aliphatic heterocycles. The smallest absolute Gasteiger partial charge is 0.238 e. The molecule has 0 saturated carbocycles. The molecule has 2 rings (SSSR count). The number of aromatic nitrogens is 1. The van der Waals surface area contributed by atoms with Crippen molar-refractivity contribution in [2.45, 2.75) is 19.9 Å². The van der Waals surface area contributed by atoms with Gasteiger partial charge in [-0.3, -0.25) is 9.69 Å². The van der Waals surface area contributed by atoms with Crippen LogP contribution >= 0.6 is 22.9 Å². The lowest BCUT2D eigenvalue weighted by Gasteiger charge is -2.20. The van der Waals surface area contributed by atoms with E-state index >= 15 is 0 Å². The minimum absolute atomic E-state index is 0.0479. The predicted octanol–water partition coefficient (Wildman–Crippen LogP) is 3.23. The fourth-order valence-corrected chi connectivity index (χ4v) is 2.94. The van der Waals surface area contributed by atoms with E-state index in [9.17, 15) is 4.79 Å². The Kier molecular flexibility index (Phi) is 6.18. The van der Waals surface area contributed by atoms with E-state index in [0.717, 1.165) is 23.5 Å². The molecule has 0 atom stereocenters. The number of hydrogen-bond acceptors (Lipinski definition) is 5. The highest BCUT2D eigenvalue weighted by molar-refractivity contribution is 7.15. The zero-order valence-electron chi connectivity index (χ0n) is 12.4. The largest absolute Gasteiger partial charge is 0.375 e. The van der Waals surface area contributed by atoms with Gasteiger partial charge in [-0.15, -0.1) is 11.3 Å². The highest BCUT2D eigenvalue weighted by Gasteiger charge is 2.12. The second-order valence-corrected chi connectivity index (χ2v) is 6.51. The highest BCUT2D eigenvalue weighted by atomic mass is 35.5. The molecular weight excluding hydrogens is 320 g/mol. The van der Waals surface area contributed by atoms with Crippen LogP contribution in [-0.2, 0) is 11.3 Å². The van der Waals surface area contributed by atoms with Gasteiger partial charge in [0.25, 0.3) is 0 Å². The van der Waals surface area contributed by atoms with Crippen molar-refractivity contribution in [1.82, 2.24) is 9.88 Å². The number of anilines is 2. The Bertz CT molecular complexity index is 614. The molecule has 22 heavy (non-hydrogen) atoms. The first-order valence-corrected chi connectivity index (χ1v) is 8.24. The molecule has 7 heteroatoms. The number of carbonyl (C=O) groups excluding carboxylic acids is 1. The monoisotopic (exact) mass is 338 g/mol. The van der Waals surface area contributed by atoms with Crippen molar-refractivity contribution in [2.75, 3.05) is 24.1 Å². The zero-order chi connectivity index (χ0) is 15.9. The maximum atomic E-state index is 12.2. The quantitative estimate of drug-likeness (QED) is 0.813. The topological polar surface area (TPSA) is 71.2 Å². The molecule has 1 amide bonds. The molecule has 0 aliphatic carbocycles. The van der Waals surface area contributed by atoms with E-state index < -0.39 is 0 Å². The average Bonchev–Trinajstić information content (AvgIpc) is 2.87. The van der Waals surface area contributed by atoms with Crippen LogP contribution in [0.4, 0.5) is 10.8 Å². The molecule has 2 aromatic rings. The number of halogens is 1. The summed E-state index contributed by atoms with van der Waals surface area (Å²) in [6, 6.07) is 7.07. The van der Waals surface area contributed by atoms with Gasteiger partial charge in [0.1, 0.15) is 0 Å². The number of nitrogens with zero attached hydrogens (tertiary/aromatic N) is 2. The van der Waals surface area contributed by atoms with E-state index in [2.05, 4.69) is 22.1 Å². The van der Waals surface area contributed by atoms with Gasteiger partial charge in [-0.1, -0.05) is 18.5 Å². The lowest BCUT2D eigenvalue weighted by atomic mass is 10.3. The summed E-state index contributed by atoms with van der Waals surface area (Å²) in [5.74, 6) is -0.0479. The van der Waals surface area contributed by atoms with Gasteiger partial charge in [-0.05, 0) is 37.2 Å². The van der Waals surface area contributed by atoms with Crippen LogP contribution in [0.5, 0.6) is 0 Å². The first-order valence-electron chi connectivity index (χ1n) is 7.04. The van der Waals surface area contributed by atoms with Gasteiger partial charge in [0.15, 0.2) is 5.13 Å². The molecule has 0 unspecified atom stereocenters. The van der Waals surface area contributed by atoms with E-state index in [0.29, 0.717) is 23.2 Å². The summed E-state index contributed by atoms with van der Waals surface area (Å²) in [6.07, 6.45) is 2.74. The summed E-state index contributed by atoms with van der Waals surface area (Å²) < 4.78 is 0. The van der Waals surface area contributed by atoms with Crippen molar-refractivity contribution in [3.8, 4) is 0 Å². The lowest BCUT2D eigenvalue weighted by Crippen LogP contribution is -2.33. The molecule has 1 aromatic carbocycles. The Morgan fingerprint density at radius 2 is 2.14 bits per heavy atom. The summed E-state index contributed by atoms with van der Waals surface area (Å²) in [5.41, 5.74) is 6.39. The molecule has 5 nitrogen and oxygen atoms in total. The SMILES string of the molecule is CCCN(CC(=O)Nc1ccc(Cl)cc1)Cc1cnc(N)s1. The van der Waals surface area contributed by atoms with Crippen LogP contribution < -0.4 is 11.1 Å². The van der Waals surface area contributed by atoms with Gasteiger partial charge in [0.2, 0.25) is 5.91 Å². The van der Waals surface area contributed by atoms with Crippen LogP contribution in [0.2, 0.25) is 5.02 Å². The summed E-state index contributed by atoms with van der Waals surface area (Å²) in [6.45, 7) is 3.93. The molecule has 1 aromatic heterocycles. The van der Waals surface area contributed by atoms with E-state index in [4.69, 9.17) is 17.3 Å². The summed E-state index contributed by atoms with van der Waals surface area (Å²) in [7, 11) is 0. The Hall–Kier alpha value is -1.63. The van der Waals surface area contributed by atoms with Gasteiger partial charge < -0.3 is 11.1 Å². The fraction of sp³-hybridized carbons (Fsp3) is 0.333. The molecule has 0 spiro atoms. The first-order chi connectivity index (χ1) is 10.6.